The second-order valence-electron chi connectivity index (χ2n) is 2.90. The molecule has 0 bridgehead atoms. The molecule has 1 atom stereocenters. The van der Waals surface area contributed by atoms with Crippen LogP contribution < -0.4 is 0 Å². The Bertz CT molecular complexity index is 318. The molecule has 1 aromatic rings. The zero-order valence-electron chi connectivity index (χ0n) is 7.90. The minimum Gasteiger partial charge on any atom is -0.244 e. The molecule has 0 radical (unpaired) electrons. The number of hydrogen-bond donors (Lipinski definition) is 0. The number of aromatic nitrogens is 1. The van der Waals surface area contributed by atoms with Crippen LogP contribution in [0.4, 0.5) is 0 Å². The summed E-state index contributed by atoms with van der Waals surface area (Å²) in [6.07, 6.45) is 2.71. The highest BCUT2D eigenvalue weighted by Gasteiger charge is 2.03. The van der Waals surface area contributed by atoms with E-state index in [9.17, 15) is 0 Å². The zero-order chi connectivity index (χ0) is 10.4. The highest BCUT2D eigenvalue weighted by Crippen LogP contribution is 2.24. The average Bonchev–Trinajstić information content (AvgIpc) is 2.19. The van der Waals surface area contributed by atoms with Gasteiger partial charge in [0.05, 0.1) is 0 Å². The Morgan fingerprint density at radius 1 is 1.64 bits per heavy atom. The minimum absolute atomic E-state index is 0.458. The number of rotatable bonds is 4. The molecule has 14 heavy (non-hydrogen) atoms. The number of alkyl halides is 1. The Morgan fingerprint density at radius 3 is 2.93 bits per heavy atom. The molecule has 0 spiro atoms. The van der Waals surface area contributed by atoms with E-state index in [1.807, 2.05) is 12.1 Å². The van der Waals surface area contributed by atoms with E-state index in [1.165, 1.54) is 0 Å². The maximum absolute atomic E-state index is 8.56. The molecular weight excluding hydrogens is 216 g/mol. The smallest absolute Gasteiger partial charge is 0.140 e. The summed E-state index contributed by atoms with van der Waals surface area (Å²) in [5, 5.41) is 9.05. The van der Waals surface area contributed by atoms with Crippen LogP contribution in [0.5, 0.6) is 0 Å². The van der Waals surface area contributed by atoms with Crippen molar-refractivity contribution < 1.29 is 0 Å². The predicted molar refractivity (Wildman–Crippen MR) is 59.6 cm³/mol. The molecule has 1 aromatic heterocycles. The third kappa shape index (κ3) is 3.57. The summed E-state index contributed by atoms with van der Waals surface area (Å²) in [7, 11) is 0. The molecule has 0 aromatic carbocycles. The Morgan fingerprint density at radius 2 is 2.43 bits per heavy atom. The average molecular weight is 227 g/mol. The first-order chi connectivity index (χ1) is 6.76. The maximum Gasteiger partial charge on any atom is 0.140 e. The van der Waals surface area contributed by atoms with Gasteiger partial charge >= 0.3 is 0 Å². The van der Waals surface area contributed by atoms with Gasteiger partial charge < -0.3 is 0 Å². The molecular formula is C10H11ClN2S. The van der Waals surface area contributed by atoms with Gasteiger partial charge in [0.15, 0.2) is 0 Å². The molecule has 74 valence electrons. The van der Waals surface area contributed by atoms with Crippen LogP contribution in [0.1, 0.15) is 19.0 Å². The van der Waals surface area contributed by atoms with Gasteiger partial charge in [-0.3, -0.25) is 0 Å². The highest BCUT2D eigenvalue weighted by atomic mass is 35.5. The van der Waals surface area contributed by atoms with E-state index >= 15 is 0 Å². The molecule has 0 fully saturated rings. The lowest BCUT2D eigenvalue weighted by Crippen LogP contribution is -1.96. The van der Waals surface area contributed by atoms with Crippen molar-refractivity contribution in [2.75, 3.05) is 5.88 Å². The third-order valence-corrected chi connectivity index (χ3v) is 3.07. The molecule has 4 heteroatoms. The summed E-state index contributed by atoms with van der Waals surface area (Å²) in [5.41, 5.74) is 0.458. The largest absolute Gasteiger partial charge is 0.244 e. The number of nitriles is 1. The maximum atomic E-state index is 8.56. The Labute approximate surface area is 93.3 Å². The van der Waals surface area contributed by atoms with Crippen LogP contribution >= 0.6 is 23.4 Å². The lowest BCUT2D eigenvalue weighted by atomic mass is 10.4. The predicted octanol–water partition coefficient (Wildman–Crippen LogP) is 3.06. The van der Waals surface area contributed by atoms with Gasteiger partial charge in [-0.25, -0.2) is 4.98 Å². The second kappa shape index (κ2) is 5.90. The summed E-state index contributed by atoms with van der Waals surface area (Å²) in [5.74, 6) is 0.678. The van der Waals surface area contributed by atoms with Crippen molar-refractivity contribution in [3.05, 3.63) is 24.0 Å². The van der Waals surface area contributed by atoms with Crippen LogP contribution in [0, 0.1) is 11.3 Å². The van der Waals surface area contributed by atoms with Gasteiger partial charge in [-0.15, -0.1) is 23.4 Å². The molecule has 0 saturated carbocycles. The van der Waals surface area contributed by atoms with Crippen LogP contribution in [-0.2, 0) is 0 Å². The van der Waals surface area contributed by atoms with Crippen LogP contribution in [0.2, 0.25) is 0 Å². The number of thioether (sulfide) groups is 1. The fraction of sp³-hybridized carbons (Fsp3) is 0.400. The third-order valence-electron chi connectivity index (χ3n) is 1.70. The lowest BCUT2D eigenvalue weighted by molar-refractivity contribution is 0.911. The topological polar surface area (TPSA) is 36.7 Å². The van der Waals surface area contributed by atoms with E-state index < -0.39 is 0 Å². The standard InChI is InChI=1S/C10H11ClN2S/c1-8(4-5-11)14-10-3-2-9(6-12)13-7-10/h2-3,7-8H,4-5H2,1H3. The second-order valence-corrected chi connectivity index (χ2v) is 4.79. The molecule has 0 aliphatic carbocycles. The molecule has 2 nitrogen and oxygen atoms in total. The van der Waals surface area contributed by atoms with Crippen LogP contribution in [0.3, 0.4) is 0 Å². The van der Waals surface area contributed by atoms with Crippen molar-refractivity contribution in [2.45, 2.75) is 23.5 Å². The monoisotopic (exact) mass is 226 g/mol. The Kier molecular flexibility index (Phi) is 4.78. The summed E-state index contributed by atoms with van der Waals surface area (Å²) in [4.78, 5) is 5.08. The van der Waals surface area contributed by atoms with E-state index in [0.717, 1.165) is 11.3 Å². The zero-order valence-corrected chi connectivity index (χ0v) is 9.48. The first-order valence-electron chi connectivity index (χ1n) is 4.35. The number of hydrogen-bond acceptors (Lipinski definition) is 3. The van der Waals surface area contributed by atoms with Crippen molar-refractivity contribution >= 4 is 23.4 Å². The normalized spacial score (nSPS) is 12.1. The number of nitrogens with zero attached hydrogens (tertiary/aromatic N) is 2. The van der Waals surface area contributed by atoms with Crippen molar-refractivity contribution in [1.82, 2.24) is 4.98 Å². The van der Waals surface area contributed by atoms with Gasteiger partial charge in [0, 0.05) is 22.2 Å². The molecule has 0 amide bonds. The fourth-order valence-corrected chi connectivity index (χ4v) is 2.38. The summed E-state index contributed by atoms with van der Waals surface area (Å²) < 4.78 is 0. The lowest BCUT2D eigenvalue weighted by Gasteiger charge is -2.07. The van der Waals surface area contributed by atoms with E-state index in [1.54, 1.807) is 24.0 Å². The molecule has 1 rings (SSSR count). The van der Waals surface area contributed by atoms with Crippen LogP contribution in [-0.4, -0.2) is 16.1 Å². The van der Waals surface area contributed by atoms with E-state index in [4.69, 9.17) is 16.9 Å². The summed E-state index contributed by atoms with van der Waals surface area (Å²) >= 11 is 7.37. The first kappa shape index (κ1) is 11.4. The van der Waals surface area contributed by atoms with Crippen molar-refractivity contribution in [3.63, 3.8) is 0 Å². The number of pyridine rings is 1. The SMILES string of the molecule is CC(CCCl)Sc1ccc(C#N)nc1. The van der Waals surface area contributed by atoms with Gasteiger partial charge in [-0.05, 0) is 18.6 Å². The summed E-state index contributed by atoms with van der Waals surface area (Å²) in [6.45, 7) is 2.13. The first-order valence-corrected chi connectivity index (χ1v) is 5.76. The van der Waals surface area contributed by atoms with Gasteiger partial charge in [0.25, 0.3) is 0 Å². The molecule has 0 aliphatic heterocycles. The van der Waals surface area contributed by atoms with Gasteiger partial charge in [0.2, 0.25) is 0 Å². The molecule has 1 unspecified atom stereocenters. The highest BCUT2D eigenvalue weighted by molar-refractivity contribution is 7.99. The molecule has 0 N–H and O–H groups in total. The summed E-state index contributed by atoms with van der Waals surface area (Å²) in [6, 6.07) is 5.64. The van der Waals surface area contributed by atoms with E-state index in [-0.39, 0.29) is 0 Å². The molecule has 1 heterocycles. The van der Waals surface area contributed by atoms with Crippen LogP contribution in [0.15, 0.2) is 23.2 Å². The molecule has 0 saturated heterocycles. The van der Waals surface area contributed by atoms with Crippen LogP contribution in [0.25, 0.3) is 0 Å². The quantitative estimate of drug-likeness (QED) is 0.585. The van der Waals surface area contributed by atoms with Gasteiger partial charge in [0.1, 0.15) is 11.8 Å². The van der Waals surface area contributed by atoms with E-state index in [0.29, 0.717) is 16.8 Å². The van der Waals surface area contributed by atoms with Crippen molar-refractivity contribution in [2.24, 2.45) is 0 Å². The Hall–Kier alpha value is -0.720. The fourth-order valence-electron chi connectivity index (χ4n) is 0.961. The van der Waals surface area contributed by atoms with Crippen molar-refractivity contribution in [1.29, 1.82) is 5.26 Å². The van der Waals surface area contributed by atoms with Gasteiger partial charge in [-0.2, -0.15) is 5.26 Å². The molecule has 0 aliphatic rings. The van der Waals surface area contributed by atoms with Gasteiger partial charge in [-0.1, -0.05) is 6.92 Å². The Balaban J connectivity index is 2.56. The minimum atomic E-state index is 0.458. The van der Waals surface area contributed by atoms with Crippen molar-refractivity contribution in [3.8, 4) is 6.07 Å². The number of halogens is 1. The van der Waals surface area contributed by atoms with E-state index in [2.05, 4.69) is 11.9 Å².